The molecule has 1 aliphatic rings. The Balaban J connectivity index is 1.88. The van der Waals surface area contributed by atoms with Crippen LogP contribution in [0.1, 0.15) is 32.4 Å². The molecule has 0 amide bonds. The van der Waals surface area contributed by atoms with E-state index in [0.29, 0.717) is 29.5 Å². The number of nitrogens with one attached hydrogen (secondary N) is 2. The van der Waals surface area contributed by atoms with E-state index in [2.05, 4.69) is 31.7 Å². The summed E-state index contributed by atoms with van der Waals surface area (Å²) < 4.78 is 0. The van der Waals surface area contributed by atoms with Crippen LogP contribution in [-0.4, -0.2) is 38.7 Å². The zero-order valence-electron chi connectivity index (χ0n) is 13.2. The molecule has 23 heavy (non-hydrogen) atoms. The minimum Gasteiger partial charge on any atom is -0.393 e. The van der Waals surface area contributed by atoms with E-state index in [9.17, 15) is 5.11 Å². The second-order valence-electron chi connectivity index (χ2n) is 6.18. The number of aliphatic hydroxyl groups is 1. The van der Waals surface area contributed by atoms with Crippen molar-refractivity contribution in [3.05, 3.63) is 18.0 Å². The van der Waals surface area contributed by atoms with Crippen LogP contribution in [0.5, 0.6) is 0 Å². The van der Waals surface area contributed by atoms with Gasteiger partial charge in [0.1, 0.15) is 17.3 Å². The average Bonchev–Trinajstić information content (AvgIpc) is 2.53. The number of rotatable bonds is 5. The largest absolute Gasteiger partial charge is 0.393 e. The summed E-state index contributed by atoms with van der Waals surface area (Å²) in [5, 5.41) is 25.9. The first kappa shape index (κ1) is 15.4. The number of fused-ring (bicyclic) bond motifs is 1. The quantitative estimate of drug-likeness (QED) is 0.774. The summed E-state index contributed by atoms with van der Waals surface area (Å²) in [5.74, 6) is 1.36. The maximum Gasteiger partial charge on any atom is 0.223 e. The molecule has 2 aromatic rings. The van der Waals surface area contributed by atoms with Gasteiger partial charge >= 0.3 is 0 Å². The van der Waals surface area contributed by atoms with Crippen LogP contribution in [0.3, 0.4) is 0 Å². The zero-order chi connectivity index (χ0) is 16.4. The number of nitriles is 1. The summed E-state index contributed by atoms with van der Waals surface area (Å²) in [7, 11) is 0. The molecule has 120 valence electrons. The van der Waals surface area contributed by atoms with Gasteiger partial charge in [-0.15, -0.1) is 0 Å². The van der Waals surface area contributed by atoms with E-state index >= 15 is 0 Å². The Labute approximate surface area is 134 Å². The van der Waals surface area contributed by atoms with Crippen molar-refractivity contribution < 1.29 is 5.11 Å². The van der Waals surface area contributed by atoms with Gasteiger partial charge in [0, 0.05) is 30.1 Å². The van der Waals surface area contributed by atoms with E-state index in [-0.39, 0.29) is 18.1 Å². The molecule has 1 unspecified atom stereocenters. The van der Waals surface area contributed by atoms with Crippen molar-refractivity contribution in [1.29, 1.82) is 5.26 Å². The van der Waals surface area contributed by atoms with Crippen molar-refractivity contribution in [2.24, 2.45) is 5.92 Å². The van der Waals surface area contributed by atoms with E-state index in [1.165, 1.54) is 0 Å². The molecule has 1 fully saturated rings. The Kier molecular flexibility index (Phi) is 4.26. The van der Waals surface area contributed by atoms with Crippen LogP contribution in [0.2, 0.25) is 0 Å². The molecule has 2 heterocycles. The normalized spacial score (nSPS) is 20.1. The molecule has 0 saturated heterocycles. The van der Waals surface area contributed by atoms with E-state index in [1.807, 2.05) is 13.8 Å². The SMILES string of the molecule is CC(C)Nc1nc(C#N)cc2cnc(NCC3CC[C@@H]3O)nc12. The molecule has 0 aliphatic heterocycles. The van der Waals surface area contributed by atoms with Gasteiger partial charge in [-0.2, -0.15) is 5.26 Å². The summed E-state index contributed by atoms with van der Waals surface area (Å²) in [6.45, 7) is 4.67. The van der Waals surface area contributed by atoms with E-state index < -0.39 is 0 Å². The van der Waals surface area contributed by atoms with Gasteiger partial charge in [-0.05, 0) is 32.8 Å². The van der Waals surface area contributed by atoms with Crippen LogP contribution >= 0.6 is 0 Å². The topological polar surface area (TPSA) is 107 Å². The molecule has 0 bridgehead atoms. The van der Waals surface area contributed by atoms with Gasteiger partial charge in [-0.3, -0.25) is 0 Å². The van der Waals surface area contributed by atoms with Crippen LogP contribution in [0.4, 0.5) is 11.8 Å². The number of pyridine rings is 1. The summed E-state index contributed by atoms with van der Waals surface area (Å²) in [5.41, 5.74) is 1.02. The first-order valence-corrected chi connectivity index (χ1v) is 7.83. The van der Waals surface area contributed by atoms with Crippen molar-refractivity contribution in [1.82, 2.24) is 15.0 Å². The molecule has 2 atom stereocenters. The van der Waals surface area contributed by atoms with Gasteiger partial charge in [0.2, 0.25) is 5.95 Å². The summed E-state index contributed by atoms with van der Waals surface area (Å²) in [6.07, 6.45) is 3.36. The predicted molar refractivity (Wildman–Crippen MR) is 88.0 cm³/mol. The zero-order valence-corrected chi connectivity index (χ0v) is 13.2. The highest BCUT2D eigenvalue weighted by atomic mass is 16.3. The number of anilines is 2. The first-order valence-electron chi connectivity index (χ1n) is 7.83. The van der Waals surface area contributed by atoms with E-state index in [4.69, 9.17) is 5.26 Å². The van der Waals surface area contributed by atoms with Gasteiger partial charge in [-0.1, -0.05) is 0 Å². The molecule has 0 aromatic carbocycles. The molecule has 1 saturated carbocycles. The molecular formula is C16H20N6O. The summed E-state index contributed by atoms with van der Waals surface area (Å²) in [4.78, 5) is 13.1. The number of nitrogens with zero attached hydrogens (tertiary/aromatic N) is 4. The van der Waals surface area contributed by atoms with Gasteiger partial charge < -0.3 is 15.7 Å². The molecule has 3 rings (SSSR count). The minimum absolute atomic E-state index is 0.177. The first-order chi connectivity index (χ1) is 11.1. The van der Waals surface area contributed by atoms with Gasteiger partial charge in [0.05, 0.1) is 6.10 Å². The Morgan fingerprint density at radius 3 is 2.83 bits per heavy atom. The highest BCUT2D eigenvalue weighted by Gasteiger charge is 2.28. The lowest BCUT2D eigenvalue weighted by atomic mass is 9.82. The molecule has 7 heteroatoms. The van der Waals surface area contributed by atoms with E-state index in [0.717, 1.165) is 18.2 Å². The van der Waals surface area contributed by atoms with Gasteiger partial charge in [0.15, 0.2) is 5.82 Å². The smallest absolute Gasteiger partial charge is 0.223 e. The monoisotopic (exact) mass is 312 g/mol. The van der Waals surface area contributed by atoms with Crippen molar-refractivity contribution in [3.63, 3.8) is 0 Å². The Bertz CT molecular complexity index is 754. The number of aliphatic hydroxyl groups excluding tert-OH is 1. The second kappa shape index (κ2) is 6.34. The maximum atomic E-state index is 9.63. The van der Waals surface area contributed by atoms with Crippen LogP contribution < -0.4 is 10.6 Å². The molecule has 3 N–H and O–H groups in total. The van der Waals surface area contributed by atoms with E-state index in [1.54, 1.807) is 12.3 Å². The standard InChI is InChI=1S/C16H20N6O/c1-9(2)20-15-14-11(5-12(6-17)21-15)8-19-16(22-14)18-7-10-3-4-13(10)23/h5,8-10,13,23H,3-4,7H2,1-2H3,(H,20,21)(H,18,19,22)/t10?,13-/m0/s1. The van der Waals surface area contributed by atoms with Crippen molar-refractivity contribution >= 4 is 22.7 Å². The highest BCUT2D eigenvalue weighted by molar-refractivity contribution is 5.89. The molecular weight excluding hydrogens is 292 g/mol. The Morgan fingerprint density at radius 1 is 1.39 bits per heavy atom. The third-order valence-electron chi connectivity index (χ3n) is 4.01. The fourth-order valence-electron chi connectivity index (χ4n) is 2.57. The molecule has 0 spiro atoms. The number of hydrogen-bond acceptors (Lipinski definition) is 7. The molecule has 0 radical (unpaired) electrons. The Morgan fingerprint density at radius 2 is 2.22 bits per heavy atom. The summed E-state index contributed by atoms with van der Waals surface area (Å²) >= 11 is 0. The molecule has 2 aromatic heterocycles. The highest BCUT2D eigenvalue weighted by Crippen LogP contribution is 2.27. The Hall–Kier alpha value is -2.46. The van der Waals surface area contributed by atoms with Crippen molar-refractivity contribution in [2.45, 2.75) is 38.8 Å². The minimum atomic E-state index is -0.221. The fourth-order valence-corrected chi connectivity index (χ4v) is 2.57. The van der Waals surface area contributed by atoms with Crippen molar-refractivity contribution in [2.75, 3.05) is 17.2 Å². The average molecular weight is 312 g/mol. The van der Waals surface area contributed by atoms with Crippen LogP contribution in [0.25, 0.3) is 10.9 Å². The van der Waals surface area contributed by atoms with Crippen LogP contribution in [0.15, 0.2) is 12.3 Å². The third kappa shape index (κ3) is 3.32. The lowest BCUT2D eigenvalue weighted by Gasteiger charge is -2.32. The summed E-state index contributed by atoms with van der Waals surface area (Å²) in [6, 6.07) is 3.92. The van der Waals surface area contributed by atoms with Crippen LogP contribution in [-0.2, 0) is 0 Å². The van der Waals surface area contributed by atoms with Crippen LogP contribution in [0, 0.1) is 17.2 Å². The second-order valence-corrected chi connectivity index (χ2v) is 6.18. The maximum absolute atomic E-state index is 9.63. The lowest BCUT2D eigenvalue weighted by molar-refractivity contribution is 0.0313. The number of hydrogen-bond donors (Lipinski definition) is 3. The number of aromatic nitrogens is 3. The van der Waals surface area contributed by atoms with Gasteiger partial charge in [0.25, 0.3) is 0 Å². The lowest BCUT2D eigenvalue weighted by Crippen LogP contribution is -2.36. The predicted octanol–water partition coefficient (Wildman–Crippen LogP) is 1.90. The van der Waals surface area contributed by atoms with Crippen molar-refractivity contribution in [3.8, 4) is 6.07 Å². The third-order valence-corrected chi connectivity index (χ3v) is 4.01. The molecule has 7 nitrogen and oxygen atoms in total. The molecule has 1 aliphatic carbocycles. The van der Waals surface area contributed by atoms with Gasteiger partial charge in [-0.25, -0.2) is 15.0 Å². The fraction of sp³-hybridized carbons (Fsp3) is 0.500.